The van der Waals surface area contributed by atoms with Crippen molar-refractivity contribution in [3.8, 4) is 0 Å². The molecule has 3 nitrogen and oxygen atoms in total. The van der Waals surface area contributed by atoms with Crippen molar-refractivity contribution in [2.75, 3.05) is 6.61 Å². The molecular weight excluding hydrogens is 235 g/mol. The van der Waals surface area contributed by atoms with Crippen molar-refractivity contribution in [3.05, 3.63) is 34.9 Å². The Hall–Kier alpha value is -1.42. The summed E-state index contributed by atoms with van der Waals surface area (Å²) in [6.07, 6.45) is -1.24. The smallest absolute Gasteiger partial charge is 0.344 e. The molecule has 0 bridgehead atoms. The summed E-state index contributed by atoms with van der Waals surface area (Å²) in [5, 5.41) is 10.5. The molecule has 1 N–H and O–H groups in total. The van der Waals surface area contributed by atoms with Crippen molar-refractivity contribution in [1.29, 1.82) is 0 Å². The molecule has 0 aliphatic heterocycles. The number of alkyl halides is 1. The van der Waals surface area contributed by atoms with E-state index >= 15 is 0 Å². The number of aliphatic hydroxyl groups is 1. The van der Waals surface area contributed by atoms with Gasteiger partial charge in [0, 0.05) is 0 Å². The number of benzene rings is 1. The van der Waals surface area contributed by atoms with E-state index in [0.29, 0.717) is 12.0 Å². The Morgan fingerprint density at radius 2 is 2.33 bits per heavy atom. The summed E-state index contributed by atoms with van der Waals surface area (Å²) in [5.74, 6) is -0.991. The fourth-order valence-corrected chi connectivity index (χ4v) is 2.44. The molecule has 98 valence electrons. The monoisotopic (exact) mass is 252 g/mol. The molecule has 1 aromatic carbocycles. The Labute approximate surface area is 106 Å². The number of halogens is 1. The van der Waals surface area contributed by atoms with E-state index < -0.39 is 17.7 Å². The second-order valence-electron chi connectivity index (χ2n) is 4.70. The zero-order valence-corrected chi connectivity index (χ0v) is 10.6. The van der Waals surface area contributed by atoms with Crippen molar-refractivity contribution >= 4 is 5.97 Å². The number of hydrogen-bond donors (Lipinski definition) is 1. The lowest BCUT2D eigenvalue weighted by atomic mass is 9.90. The predicted octanol–water partition coefficient (Wildman–Crippen LogP) is 2.03. The third-order valence-electron chi connectivity index (χ3n) is 3.42. The van der Waals surface area contributed by atoms with Crippen molar-refractivity contribution in [3.63, 3.8) is 0 Å². The minimum atomic E-state index is -2.03. The normalized spacial score (nSPS) is 23.6. The Kier molecular flexibility index (Phi) is 3.39. The second kappa shape index (κ2) is 4.69. The highest BCUT2D eigenvalue weighted by molar-refractivity contribution is 5.77. The molecule has 0 heterocycles. The van der Waals surface area contributed by atoms with E-state index in [0.717, 1.165) is 11.1 Å². The van der Waals surface area contributed by atoms with Gasteiger partial charge in [0.2, 0.25) is 6.17 Å². The molecule has 0 radical (unpaired) electrons. The first-order valence-electron chi connectivity index (χ1n) is 6.12. The average Bonchev–Trinajstić information content (AvgIpc) is 2.67. The summed E-state index contributed by atoms with van der Waals surface area (Å²) in [5.41, 5.74) is 0.608. The minimum absolute atomic E-state index is 0.107. The van der Waals surface area contributed by atoms with E-state index in [2.05, 4.69) is 4.74 Å². The first-order valence-corrected chi connectivity index (χ1v) is 6.12. The molecule has 4 heteroatoms. The number of carbonyl (C=O) groups excluding carboxylic acids is 1. The summed E-state index contributed by atoms with van der Waals surface area (Å²) in [6, 6.07) is 5.54. The van der Waals surface area contributed by atoms with Gasteiger partial charge in [-0.05, 0) is 37.8 Å². The molecule has 1 aromatic rings. The topological polar surface area (TPSA) is 46.5 Å². The van der Waals surface area contributed by atoms with Gasteiger partial charge >= 0.3 is 5.97 Å². The van der Waals surface area contributed by atoms with Crippen LogP contribution in [0.3, 0.4) is 0 Å². The highest BCUT2D eigenvalue weighted by Gasteiger charge is 2.48. The lowest BCUT2D eigenvalue weighted by molar-refractivity contribution is -0.161. The lowest BCUT2D eigenvalue weighted by Gasteiger charge is -2.26. The van der Waals surface area contributed by atoms with Gasteiger partial charge in [0.25, 0.3) is 0 Å². The van der Waals surface area contributed by atoms with E-state index in [9.17, 15) is 14.3 Å². The zero-order chi connectivity index (χ0) is 13.3. The van der Waals surface area contributed by atoms with Crippen LogP contribution in [-0.4, -0.2) is 23.9 Å². The summed E-state index contributed by atoms with van der Waals surface area (Å²) < 4.78 is 18.8. The molecule has 0 fully saturated rings. The molecule has 2 atom stereocenters. The van der Waals surface area contributed by atoms with Gasteiger partial charge in [0.05, 0.1) is 6.61 Å². The van der Waals surface area contributed by atoms with Crippen LogP contribution in [-0.2, 0) is 21.6 Å². The highest BCUT2D eigenvalue weighted by Crippen LogP contribution is 2.41. The van der Waals surface area contributed by atoms with Gasteiger partial charge in [0.15, 0.2) is 0 Å². The maximum absolute atomic E-state index is 14.2. The largest absolute Gasteiger partial charge is 0.464 e. The summed E-state index contributed by atoms with van der Waals surface area (Å²) in [4.78, 5) is 11.5. The molecule has 18 heavy (non-hydrogen) atoms. The SMILES string of the molecule is CCOC(=O)C(F)C1(O)CCc2ccc(C)cc21. The van der Waals surface area contributed by atoms with Crippen LogP contribution in [0.25, 0.3) is 0 Å². The van der Waals surface area contributed by atoms with Gasteiger partial charge in [-0.15, -0.1) is 0 Å². The molecule has 0 amide bonds. The zero-order valence-electron chi connectivity index (χ0n) is 10.6. The summed E-state index contributed by atoms with van der Waals surface area (Å²) in [6.45, 7) is 3.59. The average molecular weight is 252 g/mol. The molecule has 0 aromatic heterocycles. The van der Waals surface area contributed by atoms with Gasteiger partial charge in [-0.2, -0.15) is 0 Å². The molecule has 1 aliphatic rings. The molecule has 2 rings (SSSR count). The molecule has 0 saturated heterocycles. The van der Waals surface area contributed by atoms with Crippen LogP contribution in [0.5, 0.6) is 0 Å². The number of rotatable bonds is 3. The van der Waals surface area contributed by atoms with Gasteiger partial charge < -0.3 is 9.84 Å². The standard InChI is InChI=1S/C14H17FO3/c1-3-18-13(16)12(15)14(17)7-6-10-5-4-9(2)8-11(10)14/h4-5,8,12,17H,3,6-7H2,1-2H3. The minimum Gasteiger partial charge on any atom is -0.464 e. The van der Waals surface area contributed by atoms with Gasteiger partial charge in [-0.1, -0.05) is 23.8 Å². The molecule has 2 unspecified atom stereocenters. The van der Waals surface area contributed by atoms with Crippen molar-refractivity contribution < 1.29 is 19.0 Å². The van der Waals surface area contributed by atoms with E-state index in [1.165, 1.54) is 0 Å². The first kappa shape index (κ1) is 13.0. The highest BCUT2D eigenvalue weighted by atomic mass is 19.1. The van der Waals surface area contributed by atoms with Crippen LogP contribution in [0.2, 0.25) is 0 Å². The van der Waals surface area contributed by atoms with Crippen LogP contribution >= 0.6 is 0 Å². The fraction of sp³-hybridized carbons (Fsp3) is 0.500. The molecule has 1 aliphatic carbocycles. The van der Waals surface area contributed by atoms with E-state index in [1.807, 2.05) is 19.1 Å². The Balaban J connectivity index is 2.35. The van der Waals surface area contributed by atoms with E-state index in [4.69, 9.17) is 0 Å². The Bertz CT molecular complexity index is 472. The lowest BCUT2D eigenvalue weighted by Crippen LogP contribution is -2.41. The van der Waals surface area contributed by atoms with E-state index in [-0.39, 0.29) is 13.0 Å². The van der Waals surface area contributed by atoms with Crippen molar-refractivity contribution in [1.82, 2.24) is 0 Å². The second-order valence-corrected chi connectivity index (χ2v) is 4.70. The predicted molar refractivity (Wildman–Crippen MR) is 64.9 cm³/mol. The van der Waals surface area contributed by atoms with Crippen LogP contribution in [0.15, 0.2) is 18.2 Å². The number of fused-ring (bicyclic) bond motifs is 1. The number of esters is 1. The fourth-order valence-electron chi connectivity index (χ4n) is 2.44. The van der Waals surface area contributed by atoms with Crippen LogP contribution < -0.4 is 0 Å². The number of aryl methyl sites for hydroxylation is 2. The number of ether oxygens (including phenoxy) is 1. The maximum Gasteiger partial charge on any atom is 0.344 e. The van der Waals surface area contributed by atoms with Crippen LogP contribution in [0.1, 0.15) is 30.0 Å². The van der Waals surface area contributed by atoms with Gasteiger partial charge in [-0.25, -0.2) is 9.18 Å². The summed E-state index contributed by atoms with van der Waals surface area (Å²) >= 11 is 0. The molecule has 0 spiro atoms. The molecular formula is C14H17FO3. The quantitative estimate of drug-likeness (QED) is 0.837. The van der Waals surface area contributed by atoms with Crippen LogP contribution in [0.4, 0.5) is 4.39 Å². The molecule has 0 saturated carbocycles. The van der Waals surface area contributed by atoms with Gasteiger partial charge in [0.1, 0.15) is 5.60 Å². The third-order valence-corrected chi connectivity index (χ3v) is 3.42. The van der Waals surface area contributed by atoms with Gasteiger partial charge in [-0.3, -0.25) is 0 Å². The van der Waals surface area contributed by atoms with Crippen molar-refractivity contribution in [2.24, 2.45) is 0 Å². The van der Waals surface area contributed by atoms with Crippen molar-refractivity contribution in [2.45, 2.75) is 38.5 Å². The summed E-state index contributed by atoms with van der Waals surface area (Å²) in [7, 11) is 0. The first-order chi connectivity index (χ1) is 8.49. The number of hydrogen-bond acceptors (Lipinski definition) is 3. The Morgan fingerprint density at radius 3 is 3.00 bits per heavy atom. The van der Waals surface area contributed by atoms with Crippen LogP contribution in [0, 0.1) is 6.92 Å². The third kappa shape index (κ3) is 2.01. The van der Waals surface area contributed by atoms with E-state index in [1.54, 1.807) is 13.0 Å². The maximum atomic E-state index is 14.2. The number of carbonyl (C=O) groups is 1. The Morgan fingerprint density at radius 1 is 1.61 bits per heavy atom.